The zero-order valence-corrected chi connectivity index (χ0v) is 11.8. The zero-order valence-electron chi connectivity index (χ0n) is 10.9. The number of aryl methyl sites for hydroxylation is 1. The highest BCUT2D eigenvalue weighted by atomic mass is 32.1. The molecule has 0 aromatic carbocycles. The van der Waals surface area contributed by atoms with Crippen molar-refractivity contribution in [3.05, 3.63) is 21.9 Å². The zero-order chi connectivity index (χ0) is 12.3. The molecule has 1 heterocycles. The normalized spacial score (nSPS) is 14.4. The summed E-state index contributed by atoms with van der Waals surface area (Å²) in [4.78, 5) is 3.55. The van der Waals surface area contributed by atoms with Gasteiger partial charge >= 0.3 is 0 Å². The third kappa shape index (κ3) is 2.65. The molecular formula is C13H23NOS. The summed E-state index contributed by atoms with van der Waals surface area (Å²) in [5.41, 5.74) is 0.830. The largest absolute Gasteiger partial charge is 0.386 e. The van der Waals surface area contributed by atoms with Gasteiger partial charge in [-0.2, -0.15) is 0 Å². The smallest absolute Gasteiger partial charge is 0.0976 e. The maximum atomic E-state index is 10.5. The van der Waals surface area contributed by atoms with Gasteiger partial charge in [-0.3, -0.25) is 4.90 Å². The molecule has 0 bridgehead atoms. The van der Waals surface area contributed by atoms with Crippen molar-refractivity contribution in [2.45, 2.75) is 46.3 Å². The molecule has 1 aromatic rings. The lowest BCUT2D eigenvalue weighted by Crippen LogP contribution is -2.48. The standard InChI is InChI=1S/C13H23NOS/c1-6-14(7-2)13(4,5)12(15)11-8-10(3)16-9-11/h8-9,12,15H,6-7H2,1-5H3. The summed E-state index contributed by atoms with van der Waals surface area (Å²) < 4.78 is 0. The van der Waals surface area contributed by atoms with Crippen LogP contribution in [0.2, 0.25) is 0 Å². The molecule has 2 nitrogen and oxygen atoms in total. The van der Waals surface area contributed by atoms with Gasteiger partial charge in [0.25, 0.3) is 0 Å². The van der Waals surface area contributed by atoms with Crippen molar-refractivity contribution in [3.63, 3.8) is 0 Å². The molecule has 0 saturated carbocycles. The molecular weight excluding hydrogens is 218 g/mol. The van der Waals surface area contributed by atoms with Crippen LogP contribution in [0.3, 0.4) is 0 Å². The first-order valence-electron chi connectivity index (χ1n) is 5.91. The quantitative estimate of drug-likeness (QED) is 0.855. The lowest BCUT2D eigenvalue weighted by Gasteiger charge is -2.40. The molecule has 0 aliphatic heterocycles. The highest BCUT2D eigenvalue weighted by Crippen LogP contribution is 2.32. The minimum absolute atomic E-state index is 0.211. The van der Waals surface area contributed by atoms with Crippen LogP contribution >= 0.6 is 11.3 Å². The summed E-state index contributed by atoms with van der Waals surface area (Å²) in [5.74, 6) is 0. The minimum atomic E-state index is -0.419. The van der Waals surface area contributed by atoms with E-state index in [9.17, 15) is 5.11 Å². The van der Waals surface area contributed by atoms with Crippen LogP contribution in [0.15, 0.2) is 11.4 Å². The number of aliphatic hydroxyl groups excluding tert-OH is 1. The fraction of sp³-hybridized carbons (Fsp3) is 0.692. The Balaban J connectivity index is 2.90. The predicted octanol–water partition coefficient (Wildman–Crippen LogP) is 3.21. The van der Waals surface area contributed by atoms with Crippen LogP contribution in [-0.2, 0) is 0 Å². The van der Waals surface area contributed by atoms with E-state index in [0.29, 0.717) is 0 Å². The van der Waals surface area contributed by atoms with Gasteiger partial charge in [0.1, 0.15) is 0 Å². The minimum Gasteiger partial charge on any atom is -0.386 e. The number of hydrogen-bond acceptors (Lipinski definition) is 3. The third-order valence-corrected chi connectivity index (χ3v) is 4.19. The molecule has 3 heteroatoms. The fourth-order valence-corrected chi connectivity index (χ4v) is 2.95. The van der Waals surface area contributed by atoms with Crippen LogP contribution in [0.25, 0.3) is 0 Å². The molecule has 1 aromatic heterocycles. The Bertz CT molecular complexity index is 328. The molecule has 1 rings (SSSR count). The van der Waals surface area contributed by atoms with E-state index in [1.165, 1.54) is 4.88 Å². The summed E-state index contributed by atoms with van der Waals surface area (Å²) in [6.45, 7) is 12.5. The Morgan fingerprint density at radius 3 is 2.31 bits per heavy atom. The molecule has 16 heavy (non-hydrogen) atoms. The molecule has 1 unspecified atom stereocenters. The number of rotatable bonds is 5. The van der Waals surface area contributed by atoms with E-state index in [-0.39, 0.29) is 5.54 Å². The van der Waals surface area contributed by atoms with Crippen molar-refractivity contribution in [1.82, 2.24) is 4.90 Å². The van der Waals surface area contributed by atoms with Gasteiger partial charge in [0, 0.05) is 10.4 Å². The van der Waals surface area contributed by atoms with Gasteiger partial charge < -0.3 is 5.11 Å². The maximum Gasteiger partial charge on any atom is 0.0976 e. The Morgan fingerprint density at radius 2 is 1.94 bits per heavy atom. The van der Waals surface area contributed by atoms with E-state index in [4.69, 9.17) is 0 Å². The van der Waals surface area contributed by atoms with E-state index in [1.54, 1.807) is 11.3 Å². The third-order valence-electron chi connectivity index (χ3n) is 3.31. The summed E-state index contributed by atoms with van der Waals surface area (Å²) in [6, 6.07) is 2.08. The summed E-state index contributed by atoms with van der Waals surface area (Å²) >= 11 is 1.70. The molecule has 0 spiro atoms. The van der Waals surface area contributed by atoms with Gasteiger partial charge in [0.2, 0.25) is 0 Å². The van der Waals surface area contributed by atoms with E-state index >= 15 is 0 Å². The Hall–Kier alpha value is -0.380. The van der Waals surface area contributed by atoms with Crippen molar-refractivity contribution < 1.29 is 5.11 Å². The molecule has 0 radical (unpaired) electrons. The number of thiophene rings is 1. The van der Waals surface area contributed by atoms with E-state index in [0.717, 1.165) is 18.7 Å². The molecule has 0 aliphatic rings. The molecule has 1 N–H and O–H groups in total. The first-order chi connectivity index (χ1) is 7.43. The Morgan fingerprint density at radius 1 is 1.38 bits per heavy atom. The molecule has 0 fully saturated rings. The summed E-state index contributed by atoms with van der Waals surface area (Å²) in [6.07, 6.45) is -0.419. The number of nitrogens with zero attached hydrogens (tertiary/aromatic N) is 1. The lowest BCUT2D eigenvalue weighted by atomic mass is 9.90. The number of likely N-dealkylation sites (N-methyl/N-ethyl adjacent to an activating group) is 1. The predicted molar refractivity (Wildman–Crippen MR) is 71.0 cm³/mol. The number of aliphatic hydroxyl groups is 1. The lowest BCUT2D eigenvalue weighted by molar-refractivity contribution is -0.00604. The van der Waals surface area contributed by atoms with E-state index in [2.05, 4.69) is 51.0 Å². The van der Waals surface area contributed by atoms with Gasteiger partial charge in [-0.1, -0.05) is 13.8 Å². The first kappa shape index (κ1) is 13.7. The van der Waals surface area contributed by atoms with Crippen molar-refractivity contribution in [2.24, 2.45) is 0 Å². The van der Waals surface area contributed by atoms with E-state index in [1.807, 2.05) is 0 Å². The maximum absolute atomic E-state index is 10.5. The van der Waals surface area contributed by atoms with Crippen LogP contribution in [0.1, 0.15) is 44.2 Å². The second kappa shape index (κ2) is 5.30. The van der Waals surface area contributed by atoms with Gasteiger partial charge in [-0.25, -0.2) is 0 Å². The van der Waals surface area contributed by atoms with Crippen molar-refractivity contribution in [3.8, 4) is 0 Å². The molecule has 0 amide bonds. The van der Waals surface area contributed by atoms with Gasteiger partial charge in [0.05, 0.1) is 6.10 Å². The first-order valence-corrected chi connectivity index (χ1v) is 6.79. The van der Waals surface area contributed by atoms with Crippen LogP contribution in [-0.4, -0.2) is 28.6 Å². The van der Waals surface area contributed by atoms with Crippen LogP contribution in [0, 0.1) is 6.92 Å². The molecule has 1 atom stereocenters. The fourth-order valence-electron chi connectivity index (χ4n) is 2.23. The SMILES string of the molecule is CCN(CC)C(C)(C)C(O)c1csc(C)c1. The van der Waals surface area contributed by atoms with Crippen LogP contribution < -0.4 is 0 Å². The highest BCUT2D eigenvalue weighted by Gasteiger charge is 2.33. The Kier molecular flexibility index (Phi) is 4.53. The van der Waals surface area contributed by atoms with Gasteiger partial charge in [-0.15, -0.1) is 11.3 Å². The topological polar surface area (TPSA) is 23.5 Å². The molecule has 0 aliphatic carbocycles. The molecule has 0 saturated heterocycles. The molecule has 92 valence electrons. The van der Waals surface area contributed by atoms with Crippen molar-refractivity contribution in [1.29, 1.82) is 0 Å². The van der Waals surface area contributed by atoms with Crippen molar-refractivity contribution >= 4 is 11.3 Å². The average Bonchev–Trinajstić information content (AvgIpc) is 2.65. The number of hydrogen-bond donors (Lipinski definition) is 1. The van der Waals surface area contributed by atoms with E-state index < -0.39 is 6.10 Å². The van der Waals surface area contributed by atoms with Crippen LogP contribution in [0.5, 0.6) is 0 Å². The Labute approximate surface area is 103 Å². The van der Waals surface area contributed by atoms with Gasteiger partial charge in [0.15, 0.2) is 0 Å². The van der Waals surface area contributed by atoms with Crippen LogP contribution in [0.4, 0.5) is 0 Å². The summed E-state index contributed by atoms with van der Waals surface area (Å²) in [7, 11) is 0. The average molecular weight is 241 g/mol. The van der Waals surface area contributed by atoms with Crippen molar-refractivity contribution in [2.75, 3.05) is 13.1 Å². The van der Waals surface area contributed by atoms with Gasteiger partial charge in [-0.05, 0) is 50.9 Å². The highest BCUT2D eigenvalue weighted by molar-refractivity contribution is 7.10. The monoisotopic (exact) mass is 241 g/mol. The second-order valence-corrected chi connectivity index (χ2v) is 5.83. The summed E-state index contributed by atoms with van der Waals surface area (Å²) in [5, 5.41) is 12.5. The second-order valence-electron chi connectivity index (χ2n) is 4.72.